The van der Waals surface area contributed by atoms with E-state index in [9.17, 15) is 9.90 Å². The molecule has 92 valence electrons. The molecule has 17 heavy (non-hydrogen) atoms. The highest BCUT2D eigenvalue weighted by atomic mass is 35.5. The van der Waals surface area contributed by atoms with Crippen LogP contribution in [0.4, 0.5) is 0 Å². The smallest absolute Gasteiger partial charge is 0.255 e. The number of aromatic hydroxyl groups is 1. The van der Waals surface area contributed by atoms with Crippen LogP contribution in [0, 0.1) is 5.92 Å². The molecule has 2 atom stereocenters. The summed E-state index contributed by atoms with van der Waals surface area (Å²) in [5.41, 5.74) is 0.327. The van der Waals surface area contributed by atoms with E-state index in [1.807, 2.05) is 0 Å². The van der Waals surface area contributed by atoms with E-state index < -0.39 is 0 Å². The molecule has 0 spiro atoms. The Morgan fingerprint density at radius 1 is 1.41 bits per heavy atom. The number of para-hydroxylation sites is 1. The number of carbonyl (C=O) groups excluding carboxylic acids is 1. The first-order valence-electron chi connectivity index (χ1n) is 5.87. The van der Waals surface area contributed by atoms with E-state index in [0.717, 1.165) is 19.3 Å². The molecule has 0 radical (unpaired) electrons. The van der Waals surface area contributed by atoms with Crippen molar-refractivity contribution in [2.75, 3.05) is 5.88 Å². The molecule has 2 rings (SSSR count). The fraction of sp³-hybridized carbons (Fsp3) is 0.462. The molecule has 1 aromatic rings. The summed E-state index contributed by atoms with van der Waals surface area (Å²) in [7, 11) is 0. The number of amides is 1. The topological polar surface area (TPSA) is 49.3 Å². The Bertz CT molecular complexity index is 408. The van der Waals surface area contributed by atoms with Gasteiger partial charge in [-0.1, -0.05) is 18.6 Å². The number of phenolic OH excluding ortho intramolecular Hbond substituents is 1. The van der Waals surface area contributed by atoms with Crippen molar-refractivity contribution in [3.63, 3.8) is 0 Å². The van der Waals surface area contributed by atoms with Crippen molar-refractivity contribution >= 4 is 17.5 Å². The van der Waals surface area contributed by atoms with E-state index in [2.05, 4.69) is 5.32 Å². The Balaban J connectivity index is 2.04. The second-order valence-corrected chi connectivity index (χ2v) is 4.75. The predicted octanol–water partition coefficient (Wildman–Crippen LogP) is 2.53. The van der Waals surface area contributed by atoms with Gasteiger partial charge in [-0.15, -0.1) is 11.6 Å². The number of halogens is 1. The van der Waals surface area contributed by atoms with Crippen LogP contribution < -0.4 is 5.32 Å². The zero-order chi connectivity index (χ0) is 12.3. The Hall–Kier alpha value is -1.22. The van der Waals surface area contributed by atoms with Gasteiger partial charge in [-0.05, 0) is 30.9 Å². The third-order valence-electron chi connectivity index (χ3n) is 3.32. The molecule has 1 aliphatic rings. The fourth-order valence-corrected chi connectivity index (χ4v) is 2.69. The van der Waals surface area contributed by atoms with Crippen molar-refractivity contribution in [2.45, 2.75) is 25.3 Å². The van der Waals surface area contributed by atoms with Gasteiger partial charge < -0.3 is 10.4 Å². The first-order valence-corrected chi connectivity index (χ1v) is 6.40. The van der Waals surface area contributed by atoms with Gasteiger partial charge in [-0.3, -0.25) is 4.79 Å². The minimum atomic E-state index is -0.217. The van der Waals surface area contributed by atoms with Crippen LogP contribution in [0.2, 0.25) is 0 Å². The lowest BCUT2D eigenvalue weighted by molar-refractivity contribution is 0.0927. The maximum absolute atomic E-state index is 12.0. The minimum Gasteiger partial charge on any atom is -0.507 e. The summed E-state index contributed by atoms with van der Waals surface area (Å²) in [6.07, 6.45) is 3.13. The molecule has 0 aliphatic heterocycles. The van der Waals surface area contributed by atoms with Crippen LogP contribution in [0.25, 0.3) is 0 Å². The Morgan fingerprint density at radius 2 is 2.18 bits per heavy atom. The Kier molecular flexibility index (Phi) is 3.89. The summed E-state index contributed by atoms with van der Waals surface area (Å²) < 4.78 is 0. The number of nitrogens with one attached hydrogen (secondary N) is 1. The summed E-state index contributed by atoms with van der Waals surface area (Å²) in [4.78, 5) is 12.0. The molecule has 1 aromatic carbocycles. The lowest BCUT2D eigenvalue weighted by Crippen LogP contribution is -2.37. The molecule has 0 saturated heterocycles. The molecule has 0 bridgehead atoms. The van der Waals surface area contributed by atoms with Crippen LogP contribution in [-0.4, -0.2) is 22.9 Å². The molecular formula is C13H16ClNO2. The van der Waals surface area contributed by atoms with Crippen molar-refractivity contribution in [2.24, 2.45) is 5.92 Å². The van der Waals surface area contributed by atoms with Gasteiger partial charge in [0, 0.05) is 11.9 Å². The summed E-state index contributed by atoms with van der Waals surface area (Å²) in [5, 5.41) is 12.5. The lowest BCUT2D eigenvalue weighted by Gasteiger charge is -2.19. The first kappa shape index (κ1) is 12.2. The van der Waals surface area contributed by atoms with Gasteiger partial charge in [-0.25, -0.2) is 0 Å². The standard InChI is InChI=1S/C13H16ClNO2/c14-8-9-4-3-6-11(9)15-13(17)10-5-1-2-7-12(10)16/h1-2,5,7,9,11,16H,3-4,6,8H2,(H,15,17). The van der Waals surface area contributed by atoms with E-state index >= 15 is 0 Å². The quantitative estimate of drug-likeness (QED) is 0.814. The van der Waals surface area contributed by atoms with E-state index in [1.54, 1.807) is 18.2 Å². The highest BCUT2D eigenvalue weighted by Crippen LogP contribution is 2.27. The van der Waals surface area contributed by atoms with Crippen molar-refractivity contribution in [3.05, 3.63) is 29.8 Å². The molecule has 0 heterocycles. The van der Waals surface area contributed by atoms with E-state index in [0.29, 0.717) is 17.4 Å². The molecule has 1 amide bonds. The molecule has 2 N–H and O–H groups in total. The van der Waals surface area contributed by atoms with Gasteiger partial charge in [0.05, 0.1) is 5.56 Å². The number of benzene rings is 1. The van der Waals surface area contributed by atoms with Gasteiger partial charge in [0.25, 0.3) is 5.91 Å². The average molecular weight is 254 g/mol. The summed E-state index contributed by atoms with van der Waals surface area (Å²) >= 11 is 5.86. The van der Waals surface area contributed by atoms with Crippen LogP contribution in [-0.2, 0) is 0 Å². The number of carbonyl (C=O) groups is 1. The van der Waals surface area contributed by atoms with E-state index in [-0.39, 0.29) is 17.7 Å². The van der Waals surface area contributed by atoms with E-state index in [4.69, 9.17) is 11.6 Å². The SMILES string of the molecule is O=C(NC1CCCC1CCl)c1ccccc1O. The zero-order valence-electron chi connectivity index (χ0n) is 9.53. The highest BCUT2D eigenvalue weighted by molar-refractivity contribution is 6.18. The molecule has 2 unspecified atom stereocenters. The maximum atomic E-state index is 12.0. The zero-order valence-corrected chi connectivity index (χ0v) is 10.3. The van der Waals surface area contributed by atoms with Crippen molar-refractivity contribution in [3.8, 4) is 5.75 Å². The van der Waals surface area contributed by atoms with Gasteiger partial charge >= 0.3 is 0 Å². The second kappa shape index (κ2) is 5.41. The molecule has 1 saturated carbocycles. The van der Waals surface area contributed by atoms with Crippen LogP contribution in [0.3, 0.4) is 0 Å². The normalized spacial score (nSPS) is 23.6. The lowest BCUT2D eigenvalue weighted by atomic mass is 10.1. The molecule has 1 fully saturated rings. The summed E-state index contributed by atoms with van der Waals surface area (Å²) in [5.74, 6) is 0.730. The number of rotatable bonds is 3. The van der Waals surface area contributed by atoms with Crippen molar-refractivity contribution in [1.82, 2.24) is 5.32 Å². The van der Waals surface area contributed by atoms with Crippen LogP contribution in [0.1, 0.15) is 29.6 Å². The molecular weight excluding hydrogens is 238 g/mol. The van der Waals surface area contributed by atoms with Crippen molar-refractivity contribution < 1.29 is 9.90 Å². The van der Waals surface area contributed by atoms with Gasteiger partial charge in [0.15, 0.2) is 0 Å². The minimum absolute atomic E-state index is 0.0189. The first-order chi connectivity index (χ1) is 8.22. The summed E-state index contributed by atoms with van der Waals surface area (Å²) in [6.45, 7) is 0. The number of phenols is 1. The van der Waals surface area contributed by atoms with E-state index in [1.165, 1.54) is 6.07 Å². The highest BCUT2D eigenvalue weighted by Gasteiger charge is 2.28. The Labute approximate surface area is 106 Å². The molecule has 0 aromatic heterocycles. The van der Waals surface area contributed by atoms with Crippen molar-refractivity contribution in [1.29, 1.82) is 0 Å². The fourth-order valence-electron chi connectivity index (χ4n) is 2.32. The maximum Gasteiger partial charge on any atom is 0.255 e. The Morgan fingerprint density at radius 3 is 2.88 bits per heavy atom. The van der Waals surface area contributed by atoms with Gasteiger partial charge in [-0.2, -0.15) is 0 Å². The third-order valence-corrected chi connectivity index (χ3v) is 3.72. The largest absolute Gasteiger partial charge is 0.507 e. The number of hydrogen-bond acceptors (Lipinski definition) is 2. The molecule has 4 heteroatoms. The molecule has 3 nitrogen and oxygen atoms in total. The van der Waals surface area contributed by atoms with Gasteiger partial charge in [0.1, 0.15) is 5.75 Å². The van der Waals surface area contributed by atoms with Crippen LogP contribution in [0.15, 0.2) is 24.3 Å². The summed E-state index contributed by atoms with van der Waals surface area (Å²) in [6, 6.07) is 6.71. The predicted molar refractivity (Wildman–Crippen MR) is 67.4 cm³/mol. The second-order valence-electron chi connectivity index (χ2n) is 4.44. The number of alkyl halides is 1. The van der Waals surface area contributed by atoms with Crippen LogP contribution in [0.5, 0.6) is 5.75 Å². The average Bonchev–Trinajstić information content (AvgIpc) is 2.76. The van der Waals surface area contributed by atoms with Crippen LogP contribution >= 0.6 is 11.6 Å². The monoisotopic (exact) mass is 253 g/mol. The third kappa shape index (κ3) is 2.72. The molecule has 1 aliphatic carbocycles. The number of hydrogen-bond donors (Lipinski definition) is 2. The van der Waals surface area contributed by atoms with Gasteiger partial charge in [0.2, 0.25) is 0 Å².